The summed E-state index contributed by atoms with van der Waals surface area (Å²) in [6, 6.07) is 17.5. The van der Waals surface area contributed by atoms with Gasteiger partial charge in [-0.05, 0) is 36.4 Å². The normalized spacial score (nSPS) is 11.3. The highest BCUT2D eigenvalue weighted by Gasteiger charge is 2.15. The molecule has 0 aliphatic rings. The molecule has 5 rings (SSSR count). The van der Waals surface area contributed by atoms with Crippen LogP contribution in [0.15, 0.2) is 85.4 Å². The number of carbonyl (C=O) groups excluding carboxylic acids is 1. The van der Waals surface area contributed by atoms with Crippen molar-refractivity contribution in [3.05, 3.63) is 99.4 Å². The molecule has 0 fully saturated rings. The third-order valence-corrected chi connectivity index (χ3v) is 5.31. The summed E-state index contributed by atoms with van der Waals surface area (Å²) in [7, 11) is 0. The third kappa shape index (κ3) is 4.08. The lowest BCUT2D eigenvalue weighted by atomic mass is 10.2. The highest BCUT2D eigenvalue weighted by molar-refractivity contribution is 5.77. The van der Waals surface area contributed by atoms with Crippen molar-refractivity contribution >= 4 is 28.0 Å². The van der Waals surface area contributed by atoms with Gasteiger partial charge in [0, 0.05) is 6.54 Å². The molecule has 3 heterocycles. The Balaban J connectivity index is 1.35. The van der Waals surface area contributed by atoms with Crippen LogP contribution in [0.1, 0.15) is 18.0 Å². The Bertz CT molecular complexity index is 1560. The summed E-state index contributed by atoms with van der Waals surface area (Å²) in [4.78, 5) is 42.1. The fourth-order valence-electron chi connectivity index (χ4n) is 3.69. The van der Waals surface area contributed by atoms with Gasteiger partial charge in [0.1, 0.15) is 12.4 Å². The lowest BCUT2D eigenvalue weighted by molar-refractivity contribution is -0.145. The number of carbonyl (C=O) groups is 1. The first-order chi connectivity index (χ1) is 16.1. The van der Waals surface area contributed by atoms with Crippen LogP contribution in [0.5, 0.6) is 0 Å². The average Bonchev–Trinajstić information content (AvgIpc) is 3.45. The van der Waals surface area contributed by atoms with E-state index in [1.807, 2.05) is 0 Å². The van der Waals surface area contributed by atoms with Gasteiger partial charge in [0.15, 0.2) is 11.4 Å². The van der Waals surface area contributed by atoms with Crippen molar-refractivity contribution in [1.29, 1.82) is 0 Å². The van der Waals surface area contributed by atoms with Crippen LogP contribution in [0.2, 0.25) is 0 Å². The predicted octanol–water partition coefficient (Wildman–Crippen LogP) is 3.08. The number of hydrogen-bond donors (Lipinski definition) is 0. The molecule has 166 valence electrons. The zero-order valence-electron chi connectivity index (χ0n) is 17.5. The van der Waals surface area contributed by atoms with E-state index < -0.39 is 11.7 Å². The largest absolute Gasteiger partial charge is 0.467 e. The molecule has 9 heteroatoms. The van der Waals surface area contributed by atoms with Gasteiger partial charge in [0.05, 0.1) is 35.6 Å². The van der Waals surface area contributed by atoms with Gasteiger partial charge in [-0.15, -0.1) is 0 Å². The molecule has 33 heavy (non-hydrogen) atoms. The molecule has 3 aromatic heterocycles. The minimum Gasteiger partial charge on any atom is -0.467 e. The van der Waals surface area contributed by atoms with Gasteiger partial charge in [-0.1, -0.05) is 24.3 Å². The maximum absolute atomic E-state index is 13.1. The Morgan fingerprint density at radius 3 is 2.64 bits per heavy atom. The fraction of sp³-hybridized carbons (Fsp3) is 0.167. The first kappa shape index (κ1) is 20.5. The Morgan fingerprint density at radius 2 is 1.79 bits per heavy atom. The lowest BCUT2D eigenvalue weighted by Gasteiger charge is -2.13. The molecule has 0 bridgehead atoms. The lowest BCUT2D eigenvalue weighted by Crippen LogP contribution is -2.27. The Hall–Kier alpha value is -4.40. The number of fused-ring (bicyclic) bond motifs is 2. The molecular weight excluding hydrogens is 426 g/mol. The maximum atomic E-state index is 13.1. The summed E-state index contributed by atoms with van der Waals surface area (Å²) in [5.41, 5.74) is 1.33. The molecule has 0 saturated heterocycles. The standard InChI is InChI=1S/C24H19N3O6/c28-22(11-12-26-19-9-3-4-10-20(19)33-24(26)30)32-15-21-25-18-8-2-1-7-17(18)23(29)27(21)14-16-6-5-13-31-16/h1-10,13H,11-12,14-15H2. The van der Waals surface area contributed by atoms with E-state index in [1.54, 1.807) is 60.7 Å². The molecular formula is C24H19N3O6. The SMILES string of the molecule is O=C(CCn1c(=O)oc2ccccc21)OCc1nc2ccccc2c(=O)n1Cc1ccco1. The number of rotatable bonds is 7. The monoisotopic (exact) mass is 445 g/mol. The molecule has 0 aliphatic heterocycles. The Labute approximate surface area is 186 Å². The highest BCUT2D eigenvalue weighted by Crippen LogP contribution is 2.14. The second-order valence-corrected chi connectivity index (χ2v) is 7.41. The van der Waals surface area contributed by atoms with Crippen molar-refractivity contribution in [1.82, 2.24) is 14.1 Å². The molecule has 5 aromatic rings. The number of hydrogen-bond acceptors (Lipinski definition) is 7. The van der Waals surface area contributed by atoms with E-state index in [0.29, 0.717) is 33.6 Å². The van der Waals surface area contributed by atoms with Crippen LogP contribution in [0.4, 0.5) is 0 Å². The minimum atomic E-state index is -0.535. The number of oxazole rings is 1. The van der Waals surface area contributed by atoms with Crippen LogP contribution >= 0.6 is 0 Å². The summed E-state index contributed by atoms with van der Waals surface area (Å²) in [5, 5.41) is 0.463. The van der Waals surface area contributed by atoms with E-state index in [9.17, 15) is 14.4 Å². The van der Waals surface area contributed by atoms with Gasteiger partial charge in [-0.25, -0.2) is 9.78 Å². The first-order valence-corrected chi connectivity index (χ1v) is 10.3. The van der Waals surface area contributed by atoms with Crippen LogP contribution < -0.4 is 11.3 Å². The van der Waals surface area contributed by atoms with Crippen LogP contribution in [-0.4, -0.2) is 20.1 Å². The van der Waals surface area contributed by atoms with E-state index >= 15 is 0 Å². The summed E-state index contributed by atoms with van der Waals surface area (Å²) < 4.78 is 18.8. The maximum Gasteiger partial charge on any atom is 0.419 e. The van der Waals surface area contributed by atoms with Crippen molar-refractivity contribution in [2.45, 2.75) is 26.1 Å². The van der Waals surface area contributed by atoms with Crippen molar-refractivity contribution in [3.63, 3.8) is 0 Å². The first-order valence-electron chi connectivity index (χ1n) is 10.3. The smallest absolute Gasteiger partial charge is 0.419 e. The van der Waals surface area contributed by atoms with Crippen molar-refractivity contribution in [3.8, 4) is 0 Å². The number of para-hydroxylation sites is 3. The predicted molar refractivity (Wildman–Crippen MR) is 119 cm³/mol. The second kappa shape index (κ2) is 8.62. The van der Waals surface area contributed by atoms with Gasteiger partial charge in [-0.2, -0.15) is 0 Å². The fourth-order valence-corrected chi connectivity index (χ4v) is 3.69. The van der Waals surface area contributed by atoms with E-state index in [2.05, 4.69) is 4.98 Å². The van der Waals surface area contributed by atoms with Crippen molar-refractivity contribution in [2.75, 3.05) is 0 Å². The molecule has 0 saturated carbocycles. The second-order valence-electron chi connectivity index (χ2n) is 7.41. The van der Waals surface area contributed by atoms with E-state index in [1.165, 1.54) is 15.4 Å². The number of nitrogens with zero attached hydrogens (tertiary/aromatic N) is 3. The Kier molecular flexibility index (Phi) is 5.35. The van der Waals surface area contributed by atoms with E-state index in [-0.39, 0.29) is 31.7 Å². The molecule has 9 nitrogen and oxygen atoms in total. The molecule has 0 amide bonds. The van der Waals surface area contributed by atoms with Gasteiger partial charge in [0.2, 0.25) is 0 Å². The average molecular weight is 445 g/mol. The van der Waals surface area contributed by atoms with Crippen LogP contribution in [0, 0.1) is 0 Å². The number of furan rings is 1. The number of esters is 1. The highest BCUT2D eigenvalue weighted by atomic mass is 16.5. The van der Waals surface area contributed by atoms with E-state index in [0.717, 1.165) is 0 Å². The topological polar surface area (TPSA) is 109 Å². The summed E-state index contributed by atoms with van der Waals surface area (Å²) in [6.07, 6.45) is 1.48. The third-order valence-electron chi connectivity index (χ3n) is 5.31. The molecule has 0 radical (unpaired) electrons. The molecule has 0 atom stereocenters. The summed E-state index contributed by atoms with van der Waals surface area (Å²) >= 11 is 0. The quantitative estimate of drug-likeness (QED) is 0.354. The van der Waals surface area contributed by atoms with Crippen molar-refractivity contribution in [2.24, 2.45) is 0 Å². The molecule has 0 aliphatic carbocycles. The number of ether oxygens (including phenoxy) is 1. The van der Waals surface area contributed by atoms with Gasteiger partial charge < -0.3 is 13.6 Å². The van der Waals surface area contributed by atoms with E-state index in [4.69, 9.17) is 13.6 Å². The minimum absolute atomic E-state index is 0.0422. The molecule has 2 aromatic carbocycles. The molecule has 0 spiro atoms. The number of aryl methyl sites for hydroxylation is 1. The number of aromatic nitrogens is 3. The zero-order valence-corrected chi connectivity index (χ0v) is 17.5. The molecule has 0 N–H and O–H groups in total. The van der Waals surface area contributed by atoms with Gasteiger partial charge >= 0.3 is 11.7 Å². The number of benzene rings is 2. The molecule has 0 unspecified atom stereocenters. The van der Waals surface area contributed by atoms with Crippen LogP contribution in [-0.2, 0) is 29.2 Å². The summed E-state index contributed by atoms with van der Waals surface area (Å²) in [6.45, 7) is 0.0760. The Morgan fingerprint density at radius 1 is 0.970 bits per heavy atom. The van der Waals surface area contributed by atoms with Crippen molar-refractivity contribution < 1.29 is 18.4 Å². The zero-order chi connectivity index (χ0) is 22.8. The van der Waals surface area contributed by atoms with Crippen LogP contribution in [0.25, 0.3) is 22.0 Å². The summed E-state index contributed by atoms with van der Waals surface area (Å²) in [5.74, 6) is -0.186. The van der Waals surface area contributed by atoms with Gasteiger partial charge in [0.25, 0.3) is 5.56 Å². The van der Waals surface area contributed by atoms with Gasteiger partial charge in [-0.3, -0.25) is 18.7 Å². The van der Waals surface area contributed by atoms with Crippen LogP contribution in [0.3, 0.4) is 0 Å².